The van der Waals surface area contributed by atoms with Gasteiger partial charge < -0.3 is 10.1 Å². The highest BCUT2D eigenvalue weighted by atomic mass is 35.5. The topological polar surface area (TPSA) is 88.6 Å². The number of fused-ring (bicyclic) bond motifs is 1. The minimum Gasteiger partial charge on any atom is -0.488 e. The van der Waals surface area contributed by atoms with E-state index in [1.165, 1.54) is 28.7 Å². The summed E-state index contributed by atoms with van der Waals surface area (Å²) < 4.78 is 33.3. The molecule has 1 aliphatic rings. The zero-order valence-electron chi connectivity index (χ0n) is 16.7. The fourth-order valence-corrected chi connectivity index (χ4v) is 5.05. The summed E-state index contributed by atoms with van der Waals surface area (Å²) in [6, 6.07) is 17.0. The third-order valence-corrected chi connectivity index (χ3v) is 7.04. The second kappa shape index (κ2) is 8.56. The van der Waals surface area contributed by atoms with Crippen LogP contribution in [0, 0.1) is 0 Å². The molecule has 1 amide bonds. The Labute approximate surface area is 185 Å². The van der Waals surface area contributed by atoms with Gasteiger partial charge in [-0.1, -0.05) is 48.0 Å². The molecule has 0 radical (unpaired) electrons. The Hall–Kier alpha value is -3.10. The van der Waals surface area contributed by atoms with Gasteiger partial charge in [0.05, 0.1) is 29.2 Å². The largest absolute Gasteiger partial charge is 0.488 e. The lowest BCUT2D eigenvalue weighted by Gasteiger charge is -2.30. The Balaban J connectivity index is 1.63. The second-order valence-corrected chi connectivity index (χ2v) is 9.34. The summed E-state index contributed by atoms with van der Waals surface area (Å²) >= 11 is 5.99. The Morgan fingerprint density at radius 3 is 2.68 bits per heavy atom. The van der Waals surface area contributed by atoms with Gasteiger partial charge in [0.2, 0.25) is 5.91 Å². The van der Waals surface area contributed by atoms with Gasteiger partial charge in [-0.2, -0.15) is 0 Å². The predicted molar refractivity (Wildman–Crippen MR) is 119 cm³/mol. The monoisotopic (exact) mass is 457 g/mol. The molecule has 0 spiro atoms. The number of aromatic nitrogens is 1. The number of ether oxygens (including phenoxy) is 1. The summed E-state index contributed by atoms with van der Waals surface area (Å²) in [6.07, 6.45) is 1.41. The van der Waals surface area contributed by atoms with E-state index in [0.717, 1.165) is 5.56 Å². The van der Waals surface area contributed by atoms with Crippen LogP contribution in [0.4, 0.5) is 11.5 Å². The van der Waals surface area contributed by atoms with E-state index < -0.39 is 15.9 Å². The summed E-state index contributed by atoms with van der Waals surface area (Å²) in [5.74, 6) is -0.0875. The van der Waals surface area contributed by atoms with Crippen LogP contribution in [-0.2, 0) is 14.8 Å². The zero-order valence-corrected chi connectivity index (χ0v) is 18.2. The smallest absolute Gasteiger partial charge is 0.264 e. The SMILES string of the molecule is C[C@H](C(=O)Nc1cc2c(cn1)OCCN2S(=O)(=O)c1cccc(Cl)c1)c1ccccc1. The fourth-order valence-electron chi connectivity index (χ4n) is 3.30. The van der Waals surface area contributed by atoms with E-state index in [0.29, 0.717) is 16.5 Å². The highest BCUT2D eigenvalue weighted by Crippen LogP contribution is 2.36. The number of rotatable bonds is 5. The first-order valence-corrected chi connectivity index (χ1v) is 11.4. The number of carbonyl (C=O) groups excluding carboxylic acids is 1. The van der Waals surface area contributed by atoms with Crippen LogP contribution in [0.15, 0.2) is 71.8 Å². The van der Waals surface area contributed by atoms with Gasteiger partial charge >= 0.3 is 0 Å². The molecule has 2 aromatic carbocycles. The van der Waals surface area contributed by atoms with Crippen LogP contribution in [0.1, 0.15) is 18.4 Å². The summed E-state index contributed by atoms with van der Waals surface area (Å²) in [4.78, 5) is 17.0. The molecule has 0 bridgehead atoms. The fraction of sp³-hybridized carbons (Fsp3) is 0.182. The van der Waals surface area contributed by atoms with Crippen molar-refractivity contribution in [1.82, 2.24) is 4.98 Å². The molecule has 0 saturated heterocycles. The van der Waals surface area contributed by atoms with Gasteiger partial charge in [0.15, 0.2) is 5.75 Å². The average molecular weight is 458 g/mol. The number of nitrogens with zero attached hydrogens (tertiary/aromatic N) is 2. The number of hydrogen-bond donors (Lipinski definition) is 1. The van der Waals surface area contributed by atoms with Gasteiger partial charge in [0.25, 0.3) is 10.0 Å². The van der Waals surface area contributed by atoms with Crippen molar-refractivity contribution in [3.05, 3.63) is 77.4 Å². The third-order valence-electron chi connectivity index (χ3n) is 5.00. The molecule has 7 nitrogen and oxygen atoms in total. The summed E-state index contributed by atoms with van der Waals surface area (Å²) in [5, 5.41) is 3.09. The first-order valence-electron chi connectivity index (χ1n) is 9.63. The van der Waals surface area contributed by atoms with Crippen molar-refractivity contribution in [3.63, 3.8) is 0 Å². The molecule has 3 aromatic rings. The van der Waals surface area contributed by atoms with E-state index >= 15 is 0 Å². The quantitative estimate of drug-likeness (QED) is 0.624. The van der Waals surface area contributed by atoms with E-state index in [4.69, 9.17) is 16.3 Å². The van der Waals surface area contributed by atoms with Crippen molar-refractivity contribution >= 4 is 39.0 Å². The van der Waals surface area contributed by atoms with Crippen molar-refractivity contribution in [1.29, 1.82) is 0 Å². The molecular formula is C22H20ClN3O4S. The van der Waals surface area contributed by atoms with E-state index in [2.05, 4.69) is 10.3 Å². The van der Waals surface area contributed by atoms with Crippen LogP contribution < -0.4 is 14.4 Å². The van der Waals surface area contributed by atoms with Gasteiger partial charge in [0.1, 0.15) is 12.4 Å². The number of nitrogens with one attached hydrogen (secondary N) is 1. The predicted octanol–water partition coefficient (Wildman–Crippen LogP) is 4.06. The first-order chi connectivity index (χ1) is 14.9. The first kappa shape index (κ1) is 21.1. The van der Waals surface area contributed by atoms with Crippen LogP contribution in [0.3, 0.4) is 0 Å². The van der Waals surface area contributed by atoms with Crippen LogP contribution in [0.2, 0.25) is 5.02 Å². The molecule has 0 unspecified atom stereocenters. The lowest BCUT2D eigenvalue weighted by Crippen LogP contribution is -2.38. The number of carbonyl (C=O) groups is 1. The highest BCUT2D eigenvalue weighted by molar-refractivity contribution is 7.92. The normalized spacial score (nSPS) is 14.3. The molecule has 4 rings (SSSR count). The molecule has 1 N–H and O–H groups in total. The molecule has 0 aliphatic carbocycles. The van der Waals surface area contributed by atoms with Gasteiger partial charge in [-0.3, -0.25) is 9.10 Å². The Morgan fingerprint density at radius 1 is 1.16 bits per heavy atom. The van der Waals surface area contributed by atoms with Crippen molar-refractivity contribution < 1.29 is 17.9 Å². The van der Waals surface area contributed by atoms with E-state index in [1.807, 2.05) is 30.3 Å². The number of amides is 1. The van der Waals surface area contributed by atoms with Crippen molar-refractivity contribution in [2.24, 2.45) is 0 Å². The lowest BCUT2D eigenvalue weighted by atomic mass is 10.0. The number of anilines is 2. The number of halogens is 1. The van der Waals surface area contributed by atoms with Gasteiger partial charge in [0, 0.05) is 11.1 Å². The summed E-state index contributed by atoms with van der Waals surface area (Å²) in [7, 11) is -3.87. The molecule has 2 heterocycles. The number of pyridine rings is 1. The number of sulfonamides is 1. The number of hydrogen-bond acceptors (Lipinski definition) is 5. The lowest BCUT2D eigenvalue weighted by molar-refractivity contribution is -0.117. The molecule has 160 valence electrons. The molecule has 0 saturated carbocycles. The third kappa shape index (κ3) is 4.35. The molecular weight excluding hydrogens is 438 g/mol. The Kier molecular flexibility index (Phi) is 5.84. The molecule has 31 heavy (non-hydrogen) atoms. The maximum atomic E-state index is 13.2. The molecule has 1 atom stereocenters. The van der Waals surface area contributed by atoms with Gasteiger partial charge in [-0.05, 0) is 30.7 Å². The number of benzene rings is 2. The van der Waals surface area contributed by atoms with Crippen LogP contribution in [0.5, 0.6) is 5.75 Å². The summed E-state index contributed by atoms with van der Waals surface area (Å²) in [5.41, 5.74) is 1.18. The Bertz CT molecular complexity index is 1220. The Morgan fingerprint density at radius 2 is 1.94 bits per heavy atom. The minimum atomic E-state index is -3.87. The maximum Gasteiger partial charge on any atom is 0.264 e. The van der Waals surface area contributed by atoms with E-state index in [1.54, 1.807) is 19.1 Å². The molecule has 1 aliphatic heterocycles. The summed E-state index contributed by atoms with van der Waals surface area (Å²) in [6.45, 7) is 2.10. The van der Waals surface area contributed by atoms with E-state index in [-0.39, 0.29) is 29.8 Å². The van der Waals surface area contributed by atoms with Crippen LogP contribution >= 0.6 is 11.6 Å². The van der Waals surface area contributed by atoms with E-state index in [9.17, 15) is 13.2 Å². The van der Waals surface area contributed by atoms with Gasteiger partial charge in [-0.15, -0.1) is 0 Å². The highest BCUT2D eigenvalue weighted by Gasteiger charge is 2.31. The molecule has 1 aromatic heterocycles. The minimum absolute atomic E-state index is 0.0768. The molecule has 9 heteroatoms. The maximum absolute atomic E-state index is 13.2. The van der Waals surface area contributed by atoms with Crippen LogP contribution in [0.25, 0.3) is 0 Å². The second-order valence-electron chi connectivity index (χ2n) is 7.04. The molecule has 0 fully saturated rings. The van der Waals surface area contributed by atoms with Crippen molar-refractivity contribution in [2.45, 2.75) is 17.7 Å². The van der Waals surface area contributed by atoms with Crippen LogP contribution in [-0.4, -0.2) is 32.5 Å². The van der Waals surface area contributed by atoms with Crippen molar-refractivity contribution in [3.8, 4) is 5.75 Å². The van der Waals surface area contributed by atoms with Crippen molar-refractivity contribution in [2.75, 3.05) is 22.8 Å². The average Bonchev–Trinajstić information content (AvgIpc) is 2.78. The van der Waals surface area contributed by atoms with Gasteiger partial charge in [-0.25, -0.2) is 13.4 Å². The zero-order chi connectivity index (χ0) is 22.0. The standard InChI is InChI=1S/C22H20ClN3O4S/c1-15(16-6-3-2-4-7-16)22(27)25-21-13-19-20(14-24-21)30-11-10-26(19)31(28,29)18-9-5-8-17(23)12-18/h2-9,12-15H,10-11H2,1H3,(H,24,25,27)/t15-/m0/s1.